The topological polar surface area (TPSA) is 79.9 Å². The number of morpholine rings is 2. The van der Waals surface area contributed by atoms with E-state index < -0.39 is 10.0 Å². The van der Waals surface area contributed by atoms with E-state index in [1.165, 1.54) is 25.5 Å². The monoisotopic (exact) mass is 381 g/mol. The first kappa shape index (κ1) is 24.8. The van der Waals surface area contributed by atoms with Crippen molar-refractivity contribution in [2.45, 2.75) is 65.8 Å². The largest absolute Gasteiger partial charge is 0.375 e. The summed E-state index contributed by atoms with van der Waals surface area (Å²) in [5.74, 6) is 0. The van der Waals surface area contributed by atoms with Gasteiger partial charge in [-0.15, -0.1) is 0 Å². The summed E-state index contributed by atoms with van der Waals surface area (Å²) in [6.45, 7) is 4.44. The smallest absolute Gasteiger partial charge is 0.211 e. The fraction of sp³-hybridized carbons (Fsp3) is 1.00. The molecule has 4 fully saturated rings. The second-order valence-electron chi connectivity index (χ2n) is 6.41. The molecular weight excluding hydrogens is 342 g/mol. The molecule has 4 atom stereocenters. The van der Waals surface area contributed by atoms with E-state index in [1.54, 1.807) is 4.31 Å². The van der Waals surface area contributed by atoms with Crippen LogP contribution in [0.3, 0.4) is 0 Å². The Labute approximate surface area is 154 Å². The van der Waals surface area contributed by atoms with Gasteiger partial charge in [-0.2, -0.15) is 4.31 Å². The number of rotatable bonds is 1. The van der Waals surface area contributed by atoms with Crippen LogP contribution in [0.2, 0.25) is 0 Å². The molecule has 4 aliphatic rings. The Morgan fingerprint density at radius 1 is 1.00 bits per heavy atom. The molecule has 4 rings (SSSR count). The lowest BCUT2D eigenvalue weighted by molar-refractivity contribution is -0.0146. The maximum atomic E-state index is 11.4. The van der Waals surface area contributed by atoms with Crippen molar-refractivity contribution in [3.63, 3.8) is 0 Å². The standard InChI is InChI=1S/C7H14N2O3S.C7H13NO.3CH4/c1-13(10,11)9-2-3-12-7-5-8-4-6(7)9;1-2-6-7(3-1)9-5-4-8-6;;;/h6-8H,2-5H2,1H3;6-8H,1-5H2;3*1H4. The maximum Gasteiger partial charge on any atom is 0.211 e. The molecule has 0 aromatic heterocycles. The van der Waals surface area contributed by atoms with Crippen LogP contribution in [0.4, 0.5) is 0 Å². The number of nitrogens with one attached hydrogen (secondary N) is 2. The minimum Gasteiger partial charge on any atom is -0.375 e. The molecule has 0 aromatic rings. The maximum absolute atomic E-state index is 11.4. The van der Waals surface area contributed by atoms with Crippen molar-refractivity contribution in [2.24, 2.45) is 0 Å². The van der Waals surface area contributed by atoms with Crippen molar-refractivity contribution in [1.29, 1.82) is 0 Å². The fourth-order valence-electron chi connectivity index (χ4n) is 3.78. The number of fused-ring (bicyclic) bond motifs is 2. The number of sulfonamides is 1. The molecule has 0 amide bonds. The third-order valence-electron chi connectivity index (χ3n) is 4.86. The molecule has 0 radical (unpaired) electrons. The van der Waals surface area contributed by atoms with Crippen LogP contribution in [0.15, 0.2) is 0 Å². The highest BCUT2D eigenvalue weighted by atomic mass is 32.2. The van der Waals surface area contributed by atoms with Gasteiger partial charge >= 0.3 is 0 Å². The Hall–Kier alpha value is -0.250. The highest BCUT2D eigenvalue weighted by Gasteiger charge is 2.40. The Morgan fingerprint density at radius 2 is 1.72 bits per heavy atom. The fourth-order valence-corrected chi connectivity index (χ4v) is 4.89. The first-order valence-electron chi connectivity index (χ1n) is 8.20. The van der Waals surface area contributed by atoms with Crippen LogP contribution in [0.25, 0.3) is 0 Å². The van der Waals surface area contributed by atoms with E-state index >= 15 is 0 Å². The summed E-state index contributed by atoms with van der Waals surface area (Å²) < 4.78 is 35.3. The zero-order chi connectivity index (χ0) is 15.6. The number of ether oxygens (including phenoxy) is 2. The average Bonchev–Trinajstić information content (AvgIpc) is 3.15. The van der Waals surface area contributed by atoms with E-state index in [9.17, 15) is 8.42 Å². The summed E-state index contributed by atoms with van der Waals surface area (Å²) in [5, 5.41) is 6.59. The van der Waals surface area contributed by atoms with Crippen molar-refractivity contribution in [3.05, 3.63) is 0 Å². The Morgan fingerprint density at radius 3 is 2.40 bits per heavy atom. The molecule has 7 nitrogen and oxygen atoms in total. The van der Waals surface area contributed by atoms with Crippen LogP contribution < -0.4 is 10.6 Å². The molecule has 152 valence electrons. The minimum atomic E-state index is -3.07. The minimum absolute atomic E-state index is 0. The summed E-state index contributed by atoms with van der Waals surface area (Å²) in [6.07, 6.45) is 5.81. The van der Waals surface area contributed by atoms with Crippen molar-refractivity contribution < 1.29 is 17.9 Å². The molecule has 3 heterocycles. The van der Waals surface area contributed by atoms with Gasteiger partial charge in [0.15, 0.2) is 0 Å². The average molecular weight is 382 g/mol. The molecule has 8 heteroatoms. The Balaban J connectivity index is 0.000000430. The zero-order valence-electron chi connectivity index (χ0n) is 13.2. The molecule has 3 aliphatic heterocycles. The summed E-state index contributed by atoms with van der Waals surface area (Å²) in [7, 11) is -3.07. The van der Waals surface area contributed by atoms with E-state index in [0.717, 1.165) is 19.7 Å². The van der Waals surface area contributed by atoms with Gasteiger partial charge in [-0.25, -0.2) is 8.42 Å². The van der Waals surface area contributed by atoms with Gasteiger partial charge < -0.3 is 20.1 Å². The van der Waals surface area contributed by atoms with Crippen LogP contribution in [0.1, 0.15) is 41.5 Å². The summed E-state index contributed by atoms with van der Waals surface area (Å²) in [5.41, 5.74) is 0. The molecule has 0 bridgehead atoms. The van der Waals surface area contributed by atoms with Crippen molar-refractivity contribution in [2.75, 3.05) is 45.6 Å². The number of nitrogens with zero attached hydrogens (tertiary/aromatic N) is 1. The van der Waals surface area contributed by atoms with Crippen LogP contribution in [0.5, 0.6) is 0 Å². The molecule has 0 aromatic carbocycles. The van der Waals surface area contributed by atoms with Gasteiger partial charge in [0.25, 0.3) is 0 Å². The van der Waals surface area contributed by atoms with Gasteiger partial charge in [0.2, 0.25) is 10.0 Å². The Bertz CT molecular complexity index is 463. The van der Waals surface area contributed by atoms with Gasteiger partial charge in [0.1, 0.15) is 0 Å². The summed E-state index contributed by atoms with van der Waals surface area (Å²) >= 11 is 0. The van der Waals surface area contributed by atoms with E-state index in [4.69, 9.17) is 9.47 Å². The highest BCUT2D eigenvalue weighted by molar-refractivity contribution is 7.88. The molecule has 0 spiro atoms. The predicted molar refractivity (Wildman–Crippen MR) is 104 cm³/mol. The van der Waals surface area contributed by atoms with E-state index in [0.29, 0.717) is 31.8 Å². The van der Waals surface area contributed by atoms with Crippen LogP contribution in [0, 0.1) is 0 Å². The van der Waals surface area contributed by atoms with Gasteiger partial charge in [0.05, 0.1) is 37.7 Å². The van der Waals surface area contributed by atoms with E-state index in [1.807, 2.05) is 0 Å². The van der Waals surface area contributed by atoms with Crippen LogP contribution >= 0.6 is 0 Å². The second-order valence-corrected chi connectivity index (χ2v) is 8.34. The van der Waals surface area contributed by atoms with Crippen LogP contribution in [-0.4, -0.2) is 82.7 Å². The van der Waals surface area contributed by atoms with Gasteiger partial charge in [-0.3, -0.25) is 0 Å². The van der Waals surface area contributed by atoms with Gasteiger partial charge in [-0.1, -0.05) is 22.3 Å². The second kappa shape index (κ2) is 10.8. The Kier molecular flexibility index (Phi) is 10.7. The SMILES string of the molecule is C.C.C.C1CC2NCCOC2C1.CS(=O)(=O)N1CCOC2CNCC21. The van der Waals surface area contributed by atoms with Crippen molar-refractivity contribution >= 4 is 10.0 Å². The van der Waals surface area contributed by atoms with E-state index in [2.05, 4.69) is 10.6 Å². The third kappa shape index (κ3) is 6.15. The van der Waals surface area contributed by atoms with Crippen molar-refractivity contribution in [1.82, 2.24) is 14.9 Å². The normalized spacial score (nSPS) is 34.1. The lowest BCUT2D eigenvalue weighted by atomic mass is 10.2. The molecule has 1 saturated carbocycles. The summed E-state index contributed by atoms with van der Waals surface area (Å²) in [4.78, 5) is 0. The summed E-state index contributed by atoms with van der Waals surface area (Å²) in [6, 6.07) is 0.697. The number of hydrogen-bond acceptors (Lipinski definition) is 6. The molecule has 4 unspecified atom stereocenters. The highest BCUT2D eigenvalue weighted by Crippen LogP contribution is 2.23. The number of hydrogen-bond donors (Lipinski definition) is 2. The molecule has 3 saturated heterocycles. The molecule has 25 heavy (non-hydrogen) atoms. The van der Waals surface area contributed by atoms with E-state index in [-0.39, 0.29) is 34.4 Å². The lowest BCUT2D eigenvalue weighted by Gasteiger charge is -2.34. The predicted octanol–water partition coefficient (Wildman–Crippen LogP) is 1.05. The first-order chi connectivity index (χ1) is 10.6. The molecule has 2 N–H and O–H groups in total. The van der Waals surface area contributed by atoms with Gasteiger partial charge in [0, 0.05) is 32.2 Å². The van der Waals surface area contributed by atoms with Gasteiger partial charge in [-0.05, 0) is 19.3 Å². The lowest BCUT2D eigenvalue weighted by Crippen LogP contribution is -2.52. The first-order valence-corrected chi connectivity index (χ1v) is 10.0. The molecular formula is C17H39N3O4S. The zero-order valence-corrected chi connectivity index (χ0v) is 14.0. The van der Waals surface area contributed by atoms with Crippen LogP contribution in [-0.2, 0) is 19.5 Å². The van der Waals surface area contributed by atoms with Crippen molar-refractivity contribution in [3.8, 4) is 0 Å². The third-order valence-corrected chi connectivity index (χ3v) is 6.17. The molecule has 1 aliphatic carbocycles. The quantitative estimate of drug-likeness (QED) is 0.707.